The third-order valence-electron chi connectivity index (χ3n) is 3.62. The number of nitrogens with one attached hydrogen (secondary N) is 2. The van der Waals surface area contributed by atoms with Gasteiger partial charge in [0.1, 0.15) is 0 Å². The Kier molecular flexibility index (Phi) is 6.27. The number of hydrogen-bond acceptors (Lipinski definition) is 3. The molecule has 1 saturated carbocycles. The second-order valence-electron chi connectivity index (χ2n) is 5.04. The molecular weight excluding hydrogens is 268 g/mol. The molecule has 0 aromatic heterocycles. The van der Waals surface area contributed by atoms with E-state index < -0.39 is 16.8 Å². The van der Waals surface area contributed by atoms with Crippen molar-refractivity contribution in [3.05, 3.63) is 0 Å². The predicted octanol–water partition coefficient (Wildman–Crippen LogP) is 0.554. The lowest BCUT2D eigenvalue weighted by molar-refractivity contribution is -0.142. The van der Waals surface area contributed by atoms with Gasteiger partial charge in [0.05, 0.1) is 5.92 Å². The van der Waals surface area contributed by atoms with Crippen molar-refractivity contribution in [2.75, 3.05) is 19.3 Å². The summed E-state index contributed by atoms with van der Waals surface area (Å²) < 4.78 is 11.1. The van der Waals surface area contributed by atoms with Crippen molar-refractivity contribution < 1.29 is 18.9 Å². The topological polar surface area (TPSA) is 95.5 Å². The third-order valence-corrected chi connectivity index (χ3v) is 4.92. The number of carbonyl (C=O) groups is 2. The first-order valence-electron chi connectivity index (χ1n) is 6.48. The second-order valence-corrected chi connectivity index (χ2v) is 6.84. The van der Waals surface area contributed by atoms with E-state index in [2.05, 4.69) is 10.6 Å². The lowest BCUT2D eigenvalue weighted by atomic mass is 9.96. The Hall–Kier alpha value is -1.11. The Morgan fingerprint density at radius 1 is 1.37 bits per heavy atom. The molecule has 6 nitrogen and oxygen atoms in total. The molecular formula is C12H22N2O4S. The summed E-state index contributed by atoms with van der Waals surface area (Å²) in [5, 5.41) is 14.3. The van der Waals surface area contributed by atoms with Crippen LogP contribution in [-0.2, 0) is 15.6 Å². The standard InChI is InChI=1S/C12H22N2O4S/c1-8(19(2)18)6-13-12(17)14-7-9-4-3-5-10(9)11(15)16/h8-10H,3-7H2,1-2H3,(H,15,16)(H2,13,14,17). The fraction of sp³-hybridized carbons (Fsp3) is 0.833. The van der Waals surface area contributed by atoms with Crippen molar-refractivity contribution in [3.63, 3.8) is 0 Å². The molecule has 3 N–H and O–H groups in total. The van der Waals surface area contributed by atoms with Gasteiger partial charge in [0.2, 0.25) is 0 Å². The van der Waals surface area contributed by atoms with Gasteiger partial charge >= 0.3 is 12.0 Å². The van der Waals surface area contributed by atoms with Crippen LogP contribution in [0.5, 0.6) is 0 Å². The van der Waals surface area contributed by atoms with E-state index in [1.54, 1.807) is 13.2 Å². The summed E-state index contributed by atoms with van der Waals surface area (Å²) in [7, 11) is -0.965. The molecule has 0 spiro atoms. The van der Waals surface area contributed by atoms with Gasteiger partial charge in [0, 0.05) is 35.4 Å². The van der Waals surface area contributed by atoms with Gasteiger partial charge in [-0.05, 0) is 25.7 Å². The van der Waals surface area contributed by atoms with Crippen LogP contribution in [0.3, 0.4) is 0 Å². The molecule has 0 aromatic carbocycles. The number of amides is 2. The highest BCUT2D eigenvalue weighted by atomic mass is 32.2. The predicted molar refractivity (Wildman–Crippen MR) is 73.4 cm³/mol. The smallest absolute Gasteiger partial charge is 0.314 e. The Labute approximate surface area is 115 Å². The van der Waals surface area contributed by atoms with E-state index >= 15 is 0 Å². The van der Waals surface area contributed by atoms with Crippen LogP contribution in [-0.4, -0.2) is 45.9 Å². The third kappa shape index (κ3) is 5.18. The van der Waals surface area contributed by atoms with Gasteiger partial charge in [0.25, 0.3) is 0 Å². The van der Waals surface area contributed by atoms with E-state index in [9.17, 15) is 13.8 Å². The molecule has 1 aliphatic rings. The molecule has 0 aliphatic heterocycles. The fourth-order valence-electron chi connectivity index (χ4n) is 2.25. The van der Waals surface area contributed by atoms with E-state index in [0.717, 1.165) is 12.8 Å². The number of rotatable bonds is 6. The van der Waals surface area contributed by atoms with Crippen LogP contribution < -0.4 is 10.6 Å². The summed E-state index contributed by atoms with van der Waals surface area (Å²) >= 11 is 0. The summed E-state index contributed by atoms with van der Waals surface area (Å²) in [4.78, 5) is 22.5. The molecule has 0 aromatic rings. The maximum absolute atomic E-state index is 11.5. The first kappa shape index (κ1) is 15.9. The molecule has 7 heteroatoms. The molecule has 0 bridgehead atoms. The van der Waals surface area contributed by atoms with Crippen molar-refractivity contribution >= 4 is 22.8 Å². The van der Waals surface area contributed by atoms with Gasteiger partial charge in [-0.25, -0.2) is 4.79 Å². The van der Waals surface area contributed by atoms with Crippen molar-refractivity contribution in [3.8, 4) is 0 Å². The largest absolute Gasteiger partial charge is 0.481 e. The van der Waals surface area contributed by atoms with Crippen LogP contribution in [0, 0.1) is 11.8 Å². The number of urea groups is 1. The van der Waals surface area contributed by atoms with Crippen LogP contribution in [0.1, 0.15) is 26.2 Å². The van der Waals surface area contributed by atoms with Crippen molar-refractivity contribution in [1.82, 2.24) is 10.6 Å². The summed E-state index contributed by atoms with van der Waals surface area (Å²) in [5.74, 6) is -1.11. The van der Waals surface area contributed by atoms with Gasteiger partial charge in [-0.3, -0.25) is 9.00 Å². The molecule has 1 aliphatic carbocycles. The fourth-order valence-corrected chi connectivity index (χ4v) is 2.56. The second kappa shape index (κ2) is 7.47. The Balaban J connectivity index is 2.26. The van der Waals surface area contributed by atoms with Gasteiger partial charge in [-0.15, -0.1) is 0 Å². The summed E-state index contributed by atoms with van der Waals surface area (Å²) in [6.45, 7) is 2.53. The minimum absolute atomic E-state index is 0.0148. The minimum Gasteiger partial charge on any atom is -0.481 e. The first-order valence-corrected chi connectivity index (χ1v) is 8.10. The van der Waals surface area contributed by atoms with E-state index in [4.69, 9.17) is 5.11 Å². The number of aliphatic carboxylic acids is 1. The Morgan fingerprint density at radius 3 is 2.63 bits per heavy atom. The van der Waals surface area contributed by atoms with Gasteiger partial charge < -0.3 is 15.7 Å². The zero-order valence-corrected chi connectivity index (χ0v) is 12.2. The molecule has 1 fully saturated rings. The molecule has 0 heterocycles. The average molecular weight is 290 g/mol. The minimum atomic E-state index is -0.965. The van der Waals surface area contributed by atoms with Gasteiger partial charge in [-0.1, -0.05) is 6.42 Å². The monoisotopic (exact) mass is 290 g/mol. The van der Waals surface area contributed by atoms with Crippen LogP contribution in [0.25, 0.3) is 0 Å². The van der Waals surface area contributed by atoms with Crippen molar-refractivity contribution in [1.29, 1.82) is 0 Å². The maximum atomic E-state index is 11.5. The van der Waals surface area contributed by atoms with Crippen LogP contribution >= 0.6 is 0 Å². The Bertz CT molecular complexity index is 362. The molecule has 2 amide bonds. The number of hydrogen-bond donors (Lipinski definition) is 3. The highest BCUT2D eigenvalue weighted by Gasteiger charge is 2.32. The number of carbonyl (C=O) groups excluding carboxylic acids is 1. The van der Waals surface area contributed by atoms with Crippen LogP contribution in [0.4, 0.5) is 4.79 Å². The van der Waals surface area contributed by atoms with Gasteiger partial charge in [0.15, 0.2) is 0 Å². The highest BCUT2D eigenvalue weighted by molar-refractivity contribution is 7.84. The normalized spacial score (nSPS) is 25.6. The Morgan fingerprint density at radius 2 is 2.05 bits per heavy atom. The molecule has 0 radical (unpaired) electrons. The SMILES string of the molecule is CC(CNC(=O)NCC1CCCC1C(=O)O)S(C)=O. The first-order chi connectivity index (χ1) is 8.91. The molecule has 1 rings (SSSR count). The number of carboxylic acid groups (broad SMARTS) is 1. The maximum Gasteiger partial charge on any atom is 0.314 e. The van der Waals surface area contributed by atoms with E-state index in [0.29, 0.717) is 19.5 Å². The summed E-state index contributed by atoms with van der Waals surface area (Å²) in [6, 6.07) is -0.326. The van der Waals surface area contributed by atoms with Crippen molar-refractivity contribution in [2.45, 2.75) is 31.4 Å². The quantitative estimate of drug-likeness (QED) is 0.666. The summed E-state index contributed by atoms with van der Waals surface area (Å²) in [5.41, 5.74) is 0. The van der Waals surface area contributed by atoms with Gasteiger partial charge in [-0.2, -0.15) is 0 Å². The van der Waals surface area contributed by atoms with E-state index in [1.807, 2.05) is 0 Å². The molecule has 4 unspecified atom stereocenters. The molecule has 0 saturated heterocycles. The zero-order valence-electron chi connectivity index (χ0n) is 11.3. The molecule has 19 heavy (non-hydrogen) atoms. The lowest BCUT2D eigenvalue weighted by Crippen LogP contribution is -2.42. The lowest BCUT2D eigenvalue weighted by Gasteiger charge is -2.17. The van der Waals surface area contributed by atoms with Crippen molar-refractivity contribution in [2.24, 2.45) is 11.8 Å². The van der Waals surface area contributed by atoms with Crippen LogP contribution in [0.15, 0.2) is 0 Å². The van der Waals surface area contributed by atoms with E-state index in [1.165, 1.54) is 0 Å². The van der Waals surface area contributed by atoms with Crippen LogP contribution in [0.2, 0.25) is 0 Å². The summed E-state index contributed by atoms with van der Waals surface area (Å²) in [6.07, 6.45) is 4.03. The zero-order chi connectivity index (χ0) is 14.4. The van der Waals surface area contributed by atoms with E-state index in [-0.39, 0.29) is 23.1 Å². The molecule has 110 valence electrons. The number of carboxylic acids is 1. The average Bonchev–Trinajstić information content (AvgIpc) is 2.81. The molecule has 4 atom stereocenters. The highest BCUT2D eigenvalue weighted by Crippen LogP contribution is 2.31.